The third-order valence-electron chi connectivity index (χ3n) is 2.99. The Kier molecular flexibility index (Phi) is 8.12. The van der Waals surface area contributed by atoms with E-state index in [2.05, 4.69) is 23.2 Å². The molecule has 88 valence electrons. The Bertz CT molecular complexity index is 153. The van der Waals surface area contributed by atoms with E-state index in [9.17, 15) is 0 Å². The molecule has 1 rings (SSSR count). The molecular weight excluding hydrogens is 202 g/mol. The number of hydrogen-bond donors (Lipinski definition) is 0. The SMILES string of the molecule is C=CCCCCCCCN1CCSCC1. The van der Waals surface area contributed by atoms with Crippen LogP contribution in [0, 0.1) is 0 Å². The number of rotatable bonds is 8. The molecule has 0 aromatic carbocycles. The first-order valence-electron chi connectivity index (χ1n) is 6.34. The van der Waals surface area contributed by atoms with E-state index in [1.165, 1.54) is 69.7 Å². The molecule has 0 bridgehead atoms. The molecule has 15 heavy (non-hydrogen) atoms. The van der Waals surface area contributed by atoms with Gasteiger partial charge in [-0.05, 0) is 25.8 Å². The fourth-order valence-electron chi connectivity index (χ4n) is 1.98. The monoisotopic (exact) mass is 227 g/mol. The Labute approximate surface area is 99.3 Å². The molecule has 0 aromatic rings. The molecule has 1 heterocycles. The molecule has 0 saturated carbocycles. The van der Waals surface area contributed by atoms with Gasteiger partial charge in [0.25, 0.3) is 0 Å². The molecule has 0 atom stereocenters. The maximum atomic E-state index is 3.75. The van der Waals surface area contributed by atoms with E-state index >= 15 is 0 Å². The minimum Gasteiger partial charge on any atom is -0.302 e. The Balaban J connectivity index is 1.81. The van der Waals surface area contributed by atoms with Crippen LogP contribution in [0.1, 0.15) is 38.5 Å². The van der Waals surface area contributed by atoms with Gasteiger partial charge in [-0.2, -0.15) is 11.8 Å². The zero-order valence-electron chi connectivity index (χ0n) is 9.92. The van der Waals surface area contributed by atoms with Gasteiger partial charge < -0.3 is 4.90 Å². The van der Waals surface area contributed by atoms with Gasteiger partial charge in [0.05, 0.1) is 0 Å². The van der Waals surface area contributed by atoms with Crippen LogP contribution in [-0.2, 0) is 0 Å². The van der Waals surface area contributed by atoms with Crippen molar-refractivity contribution in [2.45, 2.75) is 38.5 Å². The molecule has 0 aliphatic carbocycles. The summed E-state index contributed by atoms with van der Waals surface area (Å²) in [5.74, 6) is 2.69. The van der Waals surface area contributed by atoms with Crippen LogP contribution >= 0.6 is 11.8 Å². The summed E-state index contributed by atoms with van der Waals surface area (Å²) >= 11 is 2.10. The van der Waals surface area contributed by atoms with Gasteiger partial charge in [-0.15, -0.1) is 6.58 Å². The molecule has 0 amide bonds. The van der Waals surface area contributed by atoms with Gasteiger partial charge in [-0.25, -0.2) is 0 Å². The molecule has 0 radical (unpaired) electrons. The molecule has 0 unspecified atom stereocenters. The van der Waals surface area contributed by atoms with Crippen LogP contribution in [0.5, 0.6) is 0 Å². The highest BCUT2D eigenvalue weighted by Gasteiger charge is 2.08. The molecule has 1 fully saturated rings. The Morgan fingerprint density at radius 2 is 1.67 bits per heavy atom. The van der Waals surface area contributed by atoms with Crippen LogP contribution in [0.4, 0.5) is 0 Å². The molecule has 2 heteroatoms. The average molecular weight is 227 g/mol. The second-order valence-electron chi connectivity index (χ2n) is 4.30. The molecule has 0 spiro atoms. The number of nitrogens with zero attached hydrogens (tertiary/aromatic N) is 1. The predicted octanol–water partition coefficient (Wildman–Crippen LogP) is 3.56. The van der Waals surface area contributed by atoms with Crippen molar-refractivity contribution in [3.8, 4) is 0 Å². The number of thioether (sulfide) groups is 1. The maximum Gasteiger partial charge on any atom is 0.00727 e. The highest BCUT2D eigenvalue weighted by Crippen LogP contribution is 2.11. The fraction of sp³-hybridized carbons (Fsp3) is 0.846. The second kappa shape index (κ2) is 9.29. The van der Waals surface area contributed by atoms with Crippen LogP contribution < -0.4 is 0 Å². The van der Waals surface area contributed by atoms with E-state index in [-0.39, 0.29) is 0 Å². The van der Waals surface area contributed by atoms with E-state index < -0.39 is 0 Å². The maximum absolute atomic E-state index is 3.75. The van der Waals surface area contributed by atoms with Gasteiger partial charge in [0, 0.05) is 24.6 Å². The largest absolute Gasteiger partial charge is 0.302 e. The van der Waals surface area contributed by atoms with Gasteiger partial charge in [-0.3, -0.25) is 0 Å². The minimum absolute atomic E-state index is 1.20. The van der Waals surface area contributed by atoms with Crippen LogP contribution in [0.2, 0.25) is 0 Å². The third-order valence-corrected chi connectivity index (χ3v) is 3.93. The van der Waals surface area contributed by atoms with Gasteiger partial charge in [-0.1, -0.05) is 25.3 Å². The summed E-state index contributed by atoms with van der Waals surface area (Å²) in [5.41, 5.74) is 0. The summed E-state index contributed by atoms with van der Waals surface area (Å²) in [6, 6.07) is 0. The first-order chi connectivity index (χ1) is 7.43. The summed E-state index contributed by atoms with van der Waals surface area (Å²) in [5, 5.41) is 0. The molecule has 0 N–H and O–H groups in total. The van der Waals surface area contributed by atoms with Crippen molar-refractivity contribution in [3.63, 3.8) is 0 Å². The van der Waals surface area contributed by atoms with Gasteiger partial charge >= 0.3 is 0 Å². The number of allylic oxidation sites excluding steroid dienone is 1. The quantitative estimate of drug-likeness (QED) is 0.461. The molecule has 1 nitrogen and oxygen atoms in total. The molecule has 1 aliphatic heterocycles. The van der Waals surface area contributed by atoms with Gasteiger partial charge in [0.2, 0.25) is 0 Å². The van der Waals surface area contributed by atoms with E-state index in [1.807, 2.05) is 6.08 Å². The lowest BCUT2D eigenvalue weighted by molar-refractivity contribution is 0.294. The normalized spacial score (nSPS) is 17.9. The Morgan fingerprint density at radius 1 is 1.00 bits per heavy atom. The summed E-state index contributed by atoms with van der Waals surface area (Å²) in [6.07, 6.45) is 10.2. The Morgan fingerprint density at radius 3 is 2.40 bits per heavy atom. The van der Waals surface area contributed by atoms with Gasteiger partial charge in [0.1, 0.15) is 0 Å². The van der Waals surface area contributed by atoms with Crippen LogP contribution in [0.25, 0.3) is 0 Å². The predicted molar refractivity (Wildman–Crippen MR) is 71.7 cm³/mol. The van der Waals surface area contributed by atoms with E-state index in [0.717, 1.165) is 0 Å². The van der Waals surface area contributed by atoms with Crippen molar-refractivity contribution in [1.29, 1.82) is 0 Å². The van der Waals surface area contributed by atoms with Crippen LogP contribution in [0.3, 0.4) is 0 Å². The van der Waals surface area contributed by atoms with E-state index in [1.54, 1.807) is 0 Å². The molecule has 1 saturated heterocycles. The van der Waals surface area contributed by atoms with Gasteiger partial charge in [0.15, 0.2) is 0 Å². The fourth-order valence-corrected chi connectivity index (χ4v) is 2.96. The smallest absolute Gasteiger partial charge is 0.00727 e. The highest BCUT2D eigenvalue weighted by atomic mass is 32.2. The standard InChI is InChI=1S/C13H25NS/c1-2-3-4-5-6-7-8-9-14-10-12-15-13-11-14/h2H,1,3-13H2. The van der Waals surface area contributed by atoms with E-state index in [4.69, 9.17) is 0 Å². The average Bonchev–Trinajstić information content (AvgIpc) is 2.29. The first kappa shape index (κ1) is 13.1. The summed E-state index contributed by atoms with van der Waals surface area (Å²) in [4.78, 5) is 2.63. The van der Waals surface area contributed by atoms with Crippen molar-refractivity contribution < 1.29 is 0 Å². The zero-order chi connectivity index (χ0) is 10.8. The van der Waals surface area contributed by atoms with Crippen molar-refractivity contribution in [2.75, 3.05) is 31.1 Å². The zero-order valence-corrected chi connectivity index (χ0v) is 10.7. The lowest BCUT2D eigenvalue weighted by Crippen LogP contribution is -2.33. The summed E-state index contributed by atoms with van der Waals surface area (Å²) in [7, 11) is 0. The number of unbranched alkanes of at least 4 members (excludes halogenated alkanes) is 5. The molecular formula is C13H25NS. The van der Waals surface area contributed by atoms with Crippen LogP contribution in [0.15, 0.2) is 12.7 Å². The molecule has 0 aromatic heterocycles. The van der Waals surface area contributed by atoms with Crippen molar-refractivity contribution in [1.82, 2.24) is 4.90 Å². The summed E-state index contributed by atoms with van der Waals surface area (Å²) < 4.78 is 0. The Hall–Kier alpha value is 0.0500. The van der Waals surface area contributed by atoms with Crippen molar-refractivity contribution >= 4 is 11.8 Å². The second-order valence-corrected chi connectivity index (χ2v) is 5.52. The lowest BCUT2D eigenvalue weighted by atomic mass is 10.1. The van der Waals surface area contributed by atoms with E-state index in [0.29, 0.717) is 0 Å². The molecule has 1 aliphatic rings. The number of hydrogen-bond acceptors (Lipinski definition) is 2. The topological polar surface area (TPSA) is 3.24 Å². The van der Waals surface area contributed by atoms with Crippen molar-refractivity contribution in [2.24, 2.45) is 0 Å². The first-order valence-corrected chi connectivity index (χ1v) is 7.50. The third kappa shape index (κ3) is 7.02. The van der Waals surface area contributed by atoms with Crippen LogP contribution in [-0.4, -0.2) is 36.0 Å². The van der Waals surface area contributed by atoms with Crippen molar-refractivity contribution in [3.05, 3.63) is 12.7 Å². The minimum atomic E-state index is 1.20. The summed E-state index contributed by atoms with van der Waals surface area (Å²) in [6.45, 7) is 7.72. The lowest BCUT2D eigenvalue weighted by Gasteiger charge is -2.25. The highest BCUT2D eigenvalue weighted by molar-refractivity contribution is 7.99.